The van der Waals surface area contributed by atoms with Gasteiger partial charge in [-0.2, -0.15) is 4.31 Å². The van der Waals surface area contributed by atoms with E-state index in [1.807, 2.05) is 0 Å². The maximum Gasteiger partial charge on any atom is 0.216 e. The third kappa shape index (κ3) is 1.98. The van der Waals surface area contributed by atoms with Crippen molar-refractivity contribution in [3.05, 3.63) is 0 Å². The Balaban J connectivity index is 2.26. The number of piperidine rings is 1. The predicted octanol–water partition coefficient (Wildman–Crippen LogP) is 2.11. The van der Waals surface area contributed by atoms with Gasteiger partial charge in [-0.15, -0.1) is 0 Å². The van der Waals surface area contributed by atoms with Gasteiger partial charge in [0.25, 0.3) is 0 Å². The number of nitrogens with zero attached hydrogens (tertiary/aromatic N) is 1. The molecule has 2 rings (SSSR count). The zero-order valence-corrected chi connectivity index (χ0v) is 11.6. The molecule has 0 aromatic carbocycles. The molecule has 5 heteroatoms. The highest BCUT2D eigenvalue weighted by Crippen LogP contribution is 2.40. The first-order valence-corrected chi connectivity index (χ1v) is 8.01. The van der Waals surface area contributed by atoms with Crippen molar-refractivity contribution < 1.29 is 8.42 Å². The van der Waals surface area contributed by atoms with Crippen LogP contribution >= 0.6 is 15.9 Å². The van der Waals surface area contributed by atoms with Gasteiger partial charge in [-0.25, -0.2) is 8.42 Å². The lowest BCUT2D eigenvalue weighted by atomic mass is 10.1. The molecule has 0 saturated carbocycles. The third-order valence-corrected chi connectivity index (χ3v) is 6.62. The van der Waals surface area contributed by atoms with Gasteiger partial charge in [-0.3, -0.25) is 0 Å². The molecule has 2 fully saturated rings. The van der Waals surface area contributed by atoms with Crippen LogP contribution in [0.3, 0.4) is 0 Å². The summed E-state index contributed by atoms with van der Waals surface area (Å²) in [4.78, 5) is 0.508. The van der Waals surface area contributed by atoms with Crippen molar-refractivity contribution in [3.63, 3.8) is 0 Å². The van der Waals surface area contributed by atoms with E-state index in [4.69, 9.17) is 0 Å². The molecule has 0 aromatic heterocycles. The Morgan fingerprint density at radius 3 is 2.07 bits per heavy atom. The summed E-state index contributed by atoms with van der Waals surface area (Å²) < 4.78 is 26.1. The molecule has 2 atom stereocenters. The van der Waals surface area contributed by atoms with E-state index in [0.29, 0.717) is 4.83 Å². The van der Waals surface area contributed by atoms with Gasteiger partial charge in [0.2, 0.25) is 10.0 Å². The molecule has 0 radical (unpaired) electrons. The summed E-state index contributed by atoms with van der Waals surface area (Å²) >= 11 is 3.62. The van der Waals surface area contributed by atoms with E-state index in [1.54, 1.807) is 18.2 Å². The number of alkyl halides is 1. The average Bonchev–Trinajstić information content (AvgIpc) is 2.39. The van der Waals surface area contributed by atoms with E-state index in [2.05, 4.69) is 15.9 Å². The molecule has 2 heterocycles. The number of sulfonamides is 1. The fraction of sp³-hybridized carbons (Fsp3) is 1.00. The van der Waals surface area contributed by atoms with E-state index in [-0.39, 0.29) is 17.3 Å². The van der Waals surface area contributed by atoms with Gasteiger partial charge in [-0.1, -0.05) is 15.9 Å². The Bertz CT molecular complexity index is 327. The smallest absolute Gasteiger partial charge is 0.212 e. The number of fused-ring (bicyclic) bond motifs is 2. The maximum absolute atomic E-state index is 12.2. The van der Waals surface area contributed by atoms with E-state index < -0.39 is 10.0 Å². The molecule has 0 spiro atoms. The minimum atomic E-state index is -3.05. The molecule has 15 heavy (non-hydrogen) atoms. The Kier molecular flexibility index (Phi) is 3.17. The van der Waals surface area contributed by atoms with Crippen LogP contribution in [0.5, 0.6) is 0 Å². The van der Waals surface area contributed by atoms with Gasteiger partial charge >= 0.3 is 0 Å². The second kappa shape index (κ2) is 4.00. The Morgan fingerprint density at radius 1 is 1.20 bits per heavy atom. The number of rotatable bonds is 2. The van der Waals surface area contributed by atoms with Crippen LogP contribution in [0.1, 0.15) is 39.5 Å². The van der Waals surface area contributed by atoms with Crippen molar-refractivity contribution >= 4 is 26.0 Å². The van der Waals surface area contributed by atoms with Crippen molar-refractivity contribution in [2.24, 2.45) is 0 Å². The predicted molar refractivity (Wildman–Crippen MR) is 64.7 cm³/mol. The van der Waals surface area contributed by atoms with E-state index in [1.165, 1.54) is 0 Å². The number of hydrogen-bond acceptors (Lipinski definition) is 2. The highest BCUT2D eigenvalue weighted by atomic mass is 79.9. The van der Waals surface area contributed by atoms with Crippen LogP contribution in [0.2, 0.25) is 0 Å². The lowest BCUT2D eigenvalue weighted by molar-refractivity contribution is 0.253. The van der Waals surface area contributed by atoms with Crippen LogP contribution in [0.4, 0.5) is 0 Å². The van der Waals surface area contributed by atoms with Gasteiger partial charge in [0, 0.05) is 16.9 Å². The summed E-state index contributed by atoms with van der Waals surface area (Å²) in [6.07, 6.45) is 4.03. The molecule has 88 valence electrons. The minimum Gasteiger partial charge on any atom is -0.212 e. The minimum absolute atomic E-state index is 0.250. The highest BCUT2D eigenvalue weighted by molar-refractivity contribution is 9.09. The molecule has 0 aliphatic carbocycles. The van der Waals surface area contributed by atoms with Crippen molar-refractivity contribution in [1.29, 1.82) is 0 Å². The van der Waals surface area contributed by atoms with Crippen molar-refractivity contribution in [1.82, 2.24) is 4.31 Å². The second-order valence-electron chi connectivity index (χ2n) is 4.88. The quantitative estimate of drug-likeness (QED) is 0.732. The molecular formula is C10H18BrNO2S. The fourth-order valence-corrected chi connectivity index (χ4v) is 5.29. The molecule has 2 bridgehead atoms. The van der Waals surface area contributed by atoms with Crippen molar-refractivity contribution in [2.45, 2.75) is 61.7 Å². The molecule has 2 saturated heterocycles. The molecule has 2 aliphatic heterocycles. The van der Waals surface area contributed by atoms with Crippen molar-refractivity contribution in [2.75, 3.05) is 0 Å². The third-order valence-electron chi connectivity index (χ3n) is 3.50. The first-order chi connectivity index (χ1) is 6.93. The standard InChI is InChI=1S/C10H18BrNO2S/c1-7(2)15(13,14)12-9-3-4-10(12)6-8(11)5-9/h7-10H,3-6H2,1-2H3. The Hall–Kier alpha value is 0.390. The second-order valence-corrected chi connectivity index (χ2v) is 8.57. The molecular weight excluding hydrogens is 278 g/mol. The monoisotopic (exact) mass is 295 g/mol. The average molecular weight is 296 g/mol. The fourth-order valence-electron chi connectivity index (χ4n) is 2.73. The first kappa shape index (κ1) is 11.9. The normalized spacial score (nSPS) is 37.5. The Labute approximate surface area is 100 Å². The van der Waals surface area contributed by atoms with Gasteiger partial charge in [0.05, 0.1) is 5.25 Å². The number of halogens is 1. The summed E-state index contributed by atoms with van der Waals surface area (Å²) in [5.41, 5.74) is 0. The topological polar surface area (TPSA) is 37.4 Å². The molecule has 2 aliphatic rings. The zero-order valence-electron chi connectivity index (χ0n) is 9.19. The lowest BCUT2D eigenvalue weighted by Gasteiger charge is -2.37. The van der Waals surface area contributed by atoms with Crippen LogP contribution < -0.4 is 0 Å². The van der Waals surface area contributed by atoms with Crippen molar-refractivity contribution in [3.8, 4) is 0 Å². The lowest BCUT2D eigenvalue weighted by Crippen LogP contribution is -2.49. The summed E-state index contributed by atoms with van der Waals surface area (Å²) in [7, 11) is -3.05. The van der Waals surface area contributed by atoms with Gasteiger partial charge in [-0.05, 0) is 39.5 Å². The summed E-state index contributed by atoms with van der Waals surface area (Å²) in [6, 6.07) is 0.501. The van der Waals surface area contributed by atoms with E-state index >= 15 is 0 Å². The summed E-state index contributed by atoms with van der Waals surface area (Å²) in [5, 5.41) is -0.285. The van der Waals surface area contributed by atoms with Gasteiger partial charge in [0.1, 0.15) is 0 Å². The summed E-state index contributed by atoms with van der Waals surface area (Å²) in [5.74, 6) is 0. The zero-order chi connectivity index (χ0) is 11.2. The number of hydrogen-bond donors (Lipinski definition) is 0. The molecule has 2 unspecified atom stereocenters. The van der Waals surface area contributed by atoms with Crippen LogP contribution in [0.15, 0.2) is 0 Å². The van der Waals surface area contributed by atoms with E-state index in [9.17, 15) is 8.42 Å². The highest BCUT2D eigenvalue weighted by Gasteiger charge is 2.46. The first-order valence-electron chi connectivity index (χ1n) is 5.59. The SMILES string of the molecule is CC(C)S(=O)(=O)N1C2CCC1CC(Br)C2. The van der Waals surface area contributed by atoms with Crippen LogP contribution in [0, 0.1) is 0 Å². The molecule has 3 nitrogen and oxygen atoms in total. The molecule has 0 amide bonds. The van der Waals surface area contributed by atoms with Gasteiger partial charge < -0.3 is 0 Å². The van der Waals surface area contributed by atoms with Crippen LogP contribution in [-0.2, 0) is 10.0 Å². The molecule has 0 N–H and O–H groups in total. The van der Waals surface area contributed by atoms with Crippen LogP contribution in [0.25, 0.3) is 0 Å². The molecule has 0 aromatic rings. The summed E-state index contributed by atoms with van der Waals surface area (Å²) in [6.45, 7) is 3.55. The van der Waals surface area contributed by atoms with Gasteiger partial charge in [0.15, 0.2) is 0 Å². The largest absolute Gasteiger partial charge is 0.216 e. The Morgan fingerprint density at radius 2 is 1.67 bits per heavy atom. The maximum atomic E-state index is 12.2. The van der Waals surface area contributed by atoms with E-state index in [0.717, 1.165) is 25.7 Å². The van der Waals surface area contributed by atoms with Crippen LogP contribution in [-0.4, -0.2) is 34.9 Å².